The van der Waals surface area contributed by atoms with E-state index in [1.807, 2.05) is 55.5 Å². The standard InChI is InChI=1S/C27H29ClF3N3O2/c1-17(34-25(35)26(2,3)36-24-12-9-21(16-33-24)27(29,30)31)23(14-18-7-10-22(28)11-8-18)20-6-4-5-19(13-20)15-32/h4-13,16-17,23H,14-15,32H2,1-3H3,(H,34,35). The third-order valence-corrected chi connectivity index (χ3v) is 6.17. The first kappa shape index (κ1) is 27.5. The van der Waals surface area contributed by atoms with E-state index >= 15 is 0 Å². The molecule has 192 valence electrons. The van der Waals surface area contributed by atoms with Crippen LogP contribution < -0.4 is 15.8 Å². The van der Waals surface area contributed by atoms with Crippen LogP contribution in [0.2, 0.25) is 5.02 Å². The normalized spacial score (nSPS) is 13.7. The number of amides is 1. The Bertz CT molecular complexity index is 1170. The molecule has 0 saturated heterocycles. The van der Waals surface area contributed by atoms with Gasteiger partial charge in [0.05, 0.1) is 5.56 Å². The fourth-order valence-corrected chi connectivity index (χ4v) is 3.93. The Morgan fingerprint density at radius 3 is 2.36 bits per heavy atom. The van der Waals surface area contributed by atoms with Crippen LogP contribution in [0.25, 0.3) is 0 Å². The van der Waals surface area contributed by atoms with Gasteiger partial charge in [-0.1, -0.05) is 48.0 Å². The minimum absolute atomic E-state index is 0.0795. The van der Waals surface area contributed by atoms with Gasteiger partial charge in [-0.2, -0.15) is 13.2 Å². The van der Waals surface area contributed by atoms with E-state index in [2.05, 4.69) is 10.3 Å². The molecule has 0 saturated carbocycles. The molecule has 0 radical (unpaired) electrons. The van der Waals surface area contributed by atoms with Crippen LogP contribution in [-0.2, 0) is 23.9 Å². The van der Waals surface area contributed by atoms with E-state index in [9.17, 15) is 18.0 Å². The van der Waals surface area contributed by atoms with E-state index in [-0.39, 0.29) is 17.8 Å². The number of hydrogen-bond donors (Lipinski definition) is 2. The summed E-state index contributed by atoms with van der Waals surface area (Å²) < 4.78 is 44.1. The minimum Gasteiger partial charge on any atom is -0.462 e. The second kappa shape index (κ2) is 11.3. The van der Waals surface area contributed by atoms with Crippen molar-refractivity contribution in [1.82, 2.24) is 10.3 Å². The van der Waals surface area contributed by atoms with Gasteiger partial charge in [-0.25, -0.2) is 4.98 Å². The maximum absolute atomic E-state index is 13.2. The van der Waals surface area contributed by atoms with Crippen molar-refractivity contribution in [2.45, 2.75) is 57.5 Å². The minimum atomic E-state index is -4.51. The Balaban J connectivity index is 1.78. The zero-order valence-corrected chi connectivity index (χ0v) is 21.0. The number of aromatic nitrogens is 1. The number of ether oxygens (including phenoxy) is 1. The first-order chi connectivity index (χ1) is 16.9. The quantitative estimate of drug-likeness (QED) is 0.369. The Morgan fingerprint density at radius 1 is 1.08 bits per heavy atom. The molecule has 1 heterocycles. The molecule has 2 unspecified atom stereocenters. The van der Waals surface area contributed by atoms with Crippen LogP contribution in [0, 0.1) is 0 Å². The molecule has 36 heavy (non-hydrogen) atoms. The van der Waals surface area contributed by atoms with Crippen LogP contribution in [0.15, 0.2) is 66.9 Å². The number of pyridine rings is 1. The molecule has 1 aromatic heterocycles. The van der Waals surface area contributed by atoms with Gasteiger partial charge < -0.3 is 15.8 Å². The maximum Gasteiger partial charge on any atom is 0.417 e. The highest BCUT2D eigenvalue weighted by Gasteiger charge is 2.34. The van der Waals surface area contributed by atoms with Crippen molar-refractivity contribution in [3.63, 3.8) is 0 Å². The summed E-state index contributed by atoms with van der Waals surface area (Å²) in [4.78, 5) is 16.9. The first-order valence-corrected chi connectivity index (χ1v) is 11.8. The summed E-state index contributed by atoms with van der Waals surface area (Å²) in [7, 11) is 0. The van der Waals surface area contributed by atoms with Gasteiger partial charge in [-0.3, -0.25) is 4.79 Å². The lowest BCUT2D eigenvalue weighted by Crippen LogP contribution is -2.51. The van der Waals surface area contributed by atoms with Crippen molar-refractivity contribution in [1.29, 1.82) is 0 Å². The summed E-state index contributed by atoms with van der Waals surface area (Å²) in [6, 6.07) is 17.1. The molecule has 0 aliphatic rings. The van der Waals surface area contributed by atoms with Crippen LogP contribution in [0.5, 0.6) is 5.88 Å². The third-order valence-electron chi connectivity index (χ3n) is 5.92. The molecular formula is C27H29ClF3N3O2. The average Bonchev–Trinajstić information content (AvgIpc) is 2.83. The van der Waals surface area contributed by atoms with Crippen LogP contribution >= 0.6 is 11.6 Å². The first-order valence-electron chi connectivity index (χ1n) is 11.5. The lowest BCUT2D eigenvalue weighted by molar-refractivity contribution is -0.138. The second-order valence-corrected chi connectivity index (χ2v) is 9.58. The number of carbonyl (C=O) groups is 1. The van der Waals surface area contributed by atoms with Gasteiger partial charge in [0.2, 0.25) is 5.88 Å². The maximum atomic E-state index is 13.2. The summed E-state index contributed by atoms with van der Waals surface area (Å²) in [6.45, 7) is 5.37. The molecule has 0 aliphatic heterocycles. The summed E-state index contributed by atoms with van der Waals surface area (Å²) >= 11 is 6.04. The highest BCUT2D eigenvalue weighted by atomic mass is 35.5. The summed E-state index contributed by atoms with van der Waals surface area (Å²) in [6.07, 6.45) is -3.19. The zero-order chi connectivity index (χ0) is 26.5. The topological polar surface area (TPSA) is 77.2 Å². The molecule has 3 rings (SSSR count). The van der Waals surface area contributed by atoms with Crippen LogP contribution in [0.4, 0.5) is 13.2 Å². The van der Waals surface area contributed by atoms with Gasteiger partial charge in [-0.15, -0.1) is 0 Å². The molecular weight excluding hydrogens is 491 g/mol. The van der Waals surface area contributed by atoms with E-state index < -0.39 is 23.2 Å². The molecule has 3 aromatic rings. The van der Waals surface area contributed by atoms with Gasteiger partial charge in [0, 0.05) is 35.8 Å². The van der Waals surface area contributed by atoms with Crippen molar-refractivity contribution in [3.05, 3.63) is 94.1 Å². The Labute approximate surface area is 213 Å². The van der Waals surface area contributed by atoms with Crippen molar-refractivity contribution in [2.75, 3.05) is 0 Å². The highest BCUT2D eigenvalue weighted by Crippen LogP contribution is 2.30. The molecule has 3 N–H and O–H groups in total. The molecule has 9 heteroatoms. The van der Waals surface area contributed by atoms with E-state index in [1.165, 1.54) is 13.8 Å². The molecule has 0 fully saturated rings. The van der Waals surface area contributed by atoms with E-state index in [0.717, 1.165) is 28.8 Å². The predicted octanol–water partition coefficient (Wildman–Crippen LogP) is 5.90. The van der Waals surface area contributed by atoms with Gasteiger partial charge in [0.1, 0.15) is 0 Å². The molecule has 0 bridgehead atoms. The fourth-order valence-electron chi connectivity index (χ4n) is 3.81. The highest BCUT2D eigenvalue weighted by molar-refractivity contribution is 6.30. The van der Waals surface area contributed by atoms with E-state index in [1.54, 1.807) is 0 Å². The molecule has 2 aromatic carbocycles. The van der Waals surface area contributed by atoms with Crippen LogP contribution in [0.1, 0.15) is 48.9 Å². The number of nitrogens with one attached hydrogen (secondary N) is 1. The number of alkyl halides is 3. The number of benzene rings is 2. The van der Waals surface area contributed by atoms with Crippen LogP contribution in [-0.4, -0.2) is 22.5 Å². The molecule has 5 nitrogen and oxygen atoms in total. The Morgan fingerprint density at radius 2 is 1.78 bits per heavy atom. The number of rotatable bonds is 9. The van der Waals surface area contributed by atoms with Gasteiger partial charge >= 0.3 is 6.18 Å². The average molecular weight is 520 g/mol. The fraction of sp³-hybridized carbons (Fsp3) is 0.333. The third kappa shape index (κ3) is 7.21. The number of halogens is 4. The zero-order valence-electron chi connectivity index (χ0n) is 20.3. The monoisotopic (exact) mass is 519 g/mol. The molecule has 2 atom stereocenters. The summed E-state index contributed by atoms with van der Waals surface area (Å²) in [5.41, 5.74) is 6.60. The molecule has 1 amide bonds. The largest absolute Gasteiger partial charge is 0.462 e. The lowest BCUT2D eigenvalue weighted by atomic mass is 9.85. The van der Waals surface area contributed by atoms with Gasteiger partial charge in [0.25, 0.3) is 5.91 Å². The predicted molar refractivity (Wildman–Crippen MR) is 134 cm³/mol. The number of hydrogen-bond acceptors (Lipinski definition) is 4. The summed E-state index contributed by atoms with van der Waals surface area (Å²) in [5.74, 6) is -0.599. The smallest absolute Gasteiger partial charge is 0.417 e. The lowest BCUT2D eigenvalue weighted by Gasteiger charge is -2.31. The Kier molecular flexibility index (Phi) is 8.63. The van der Waals surface area contributed by atoms with Crippen molar-refractivity contribution in [3.8, 4) is 5.88 Å². The van der Waals surface area contributed by atoms with E-state index in [4.69, 9.17) is 22.1 Å². The molecule has 0 aliphatic carbocycles. The van der Waals surface area contributed by atoms with Crippen molar-refractivity contribution >= 4 is 17.5 Å². The number of nitrogens with two attached hydrogens (primary N) is 1. The second-order valence-electron chi connectivity index (χ2n) is 9.14. The van der Waals surface area contributed by atoms with Gasteiger partial charge in [0.15, 0.2) is 5.60 Å². The molecule has 0 spiro atoms. The SMILES string of the molecule is CC(NC(=O)C(C)(C)Oc1ccc(C(F)(F)F)cn1)C(Cc1ccc(Cl)cc1)c1cccc(CN)c1. The van der Waals surface area contributed by atoms with Crippen LogP contribution in [0.3, 0.4) is 0 Å². The van der Waals surface area contributed by atoms with E-state index in [0.29, 0.717) is 24.2 Å². The van der Waals surface area contributed by atoms with Crippen molar-refractivity contribution < 1.29 is 22.7 Å². The van der Waals surface area contributed by atoms with Crippen molar-refractivity contribution in [2.24, 2.45) is 5.73 Å². The number of nitrogens with zero attached hydrogens (tertiary/aromatic N) is 1. The number of carbonyl (C=O) groups excluding carboxylic acids is 1. The summed E-state index contributed by atoms with van der Waals surface area (Å²) in [5, 5.41) is 3.65. The Hall–Kier alpha value is -3.10. The van der Waals surface area contributed by atoms with Gasteiger partial charge in [-0.05, 0) is 62.1 Å².